The summed E-state index contributed by atoms with van der Waals surface area (Å²) < 4.78 is 24.4. The van der Waals surface area contributed by atoms with Crippen molar-refractivity contribution in [3.05, 3.63) is 59.7 Å². The average Bonchev–Trinajstić information content (AvgIpc) is 3.25. The minimum Gasteiger partial charge on any atom is -0.495 e. The van der Waals surface area contributed by atoms with E-state index in [0.29, 0.717) is 19.0 Å². The number of benzene rings is 1. The highest BCUT2D eigenvalue weighted by molar-refractivity contribution is 5.78. The topological polar surface area (TPSA) is 54.9 Å². The van der Waals surface area contributed by atoms with Crippen LogP contribution in [0.25, 0.3) is 0 Å². The first-order valence-electron chi connectivity index (χ1n) is 9.84. The van der Waals surface area contributed by atoms with Crippen LogP contribution in [0.15, 0.2) is 42.6 Å². The van der Waals surface area contributed by atoms with Crippen molar-refractivity contribution in [2.75, 3.05) is 40.5 Å². The van der Waals surface area contributed by atoms with E-state index >= 15 is 0 Å². The number of aromatic nitrogens is 1. The molecule has 3 atom stereocenters. The molecule has 1 aromatic carbocycles. The Labute approximate surface area is 170 Å². The molecule has 6 nitrogen and oxygen atoms in total. The number of nitrogens with zero attached hydrogens (tertiary/aromatic N) is 3. The predicted molar refractivity (Wildman–Crippen MR) is 106 cm³/mol. The van der Waals surface area contributed by atoms with E-state index in [4.69, 9.17) is 9.47 Å². The molecule has 3 heterocycles. The lowest BCUT2D eigenvalue weighted by atomic mass is 9.89. The van der Waals surface area contributed by atoms with E-state index in [9.17, 15) is 9.18 Å². The van der Waals surface area contributed by atoms with Gasteiger partial charge in [0, 0.05) is 45.4 Å². The molecule has 0 aliphatic carbocycles. The molecule has 2 aromatic rings. The summed E-state index contributed by atoms with van der Waals surface area (Å²) in [5.74, 6) is 1.03. The molecule has 1 amide bonds. The molecule has 0 unspecified atom stereocenters. The van der Waals surface area contributed by atoms with E-state index < -0.39 is 0 Å². The summed E-state index contributed by atoms with van der Waals surface area (Å²) in [7, 11) is 3.17. The van der Waals surface area contributed by atoms with Gasteiger partial charge in [-0.15, -0.1) is 0 Å². The van der Waals surface area contributed by atoms with Crippen molar-refractivity contribution < 1.29 is 18.7 Å². The van der Waals surface area contributed by atoms with Gasteiger partial charge in [-0.2, -0.15) is 0 Å². The molecule has 29 heavy (non-hydrogen) atoms. The van der Waals surface area contributed by atoms with Crippen molar-refractivity contribution in [1.82, 2.24) is 14.8 Å². The second-order valence-corrected chi connectivity index (χ2v) is 7.75. The Morgan fingerprint density at radius 3 is 2.83 bits per heavy atom. The van der Waals surface area contributed by atoms with Gasteiger partial charge in [-0.05, 0) is 35.7 Å². The fraction of sp³-hybridized carbons (Fsp3) is 0.455. The Morgan fingerprint density at radius 1 is 1.21 bits per heavy atom. The molecule has 0 bridgehead atoms. The highest BCUT2D eigenvalue weighted by Crippen LogP contribution is 2.45. The standard InChI is InChI=1S/C22H26FN3O3/c1-28-14-21(27)26-11-16-10-25(13-19-20(29-2)7-4-8-24-19)12-18(16)22(26)15-5-3-6-17(23)9-15/h3-9,16,18,22H,10-14H2,1-2H3/t16-,18-,22+/m1/s1. The van der Waals surface area contributed by atoms with E-state index in [1.807, 2.05) is 23.1 Å². The first-order valence-corrected chi connectivity index (χ1v) is 9.84. The van der Waals surface area contributed by atoms with Gasteiger partial charge in [0.1, 0.15) is 18.2 Å². The molecule has 2 fully saturated rings. The zero-order valence-corrected chi connectivity index (χ0v) is 16.8. The van der Waals surface area contributed by atoms with E-state index in [0.717, 1.165) is 30.1 Å². The van der Waals surface area contributed by atoms with Crippen LogP contribution in [-0.2, 0) is 16.1 Å². The summed E-state index contributed by atoms with van der Waals surface area (Å²) in [6.07, 6.45) is 1.77. The number of amides is 1. The van der Waals surface area contributed by atoms with Gasteiger partial charge in [-0.3, -0.25) is 14.7 Å². The Kier molecular flexibility index (Phi) is 5.78. The quantitative estimate of drug-likeness (QED) is 0.747. The van der Waals surface area contributed by atoms with Crippen LogP contribution < -0.4 is 4.74 Å². The molecular formula is C22H26FN3O3. The van der Waals surface area contributed by atoms with Crippen molar-refractivity contribution in [3.63, 3.8) is 0 Å². The Hall–Kier alpha value is -2.51. The van der Waals surface area contributed by atoms with Crippen LogP contribution in [0.4, 0.5) is 4.39 Å². The van der Waals surface area contributed by atoms with Crippen LogP contribution in [0.5, 0.6) is 5.75 Å². The highest BCUT2D eigenvalue weighted by atomic mass is 19.1. The highest BCUT2D eigenvalue weighted by Gasteiger charge is 2.49. The van der Waals surface area contributed by atoms with Crippen molar-refractivity contribution in [2.24, 2.45) is 11.8 Å². The second-order valence-electron chi connectivity index (χ2n) is 7.75. The van der Waals surface area contributed by atoms with E-state index in [1.165, 1.54) is 13.2 Å². The Bertz CT molecular complexity index is 878. The molecule has 2 aliphatic rings. The number of methoxy groups -OCH3 is 2. The summed E-state index contributed by atoms with van der Waals surface area (Å²) in [6.45, 7) is 3.08. The number of carbonyl (C=O) groups is 1. The molecule has 4 rings (SSSR count). The number of likely N-dealkylation sites (tertiary alicyclic amines) is 2. The summed E-state index contributed by atoms with van der Waals surface area (Å²) in [5, 5.41) is 0. The lowest BCUT2D eigenvalue weighted by Gasteiger charge is -2.30. The maximum Gasteiger partial charge on any atom is 0.249 e. The maximum atomic E-state index is 13.9. The van der Waals surface area contributed by atoms with Crippen molar-refractivity contribution >= 4 is 5.91 Å². The lowest BCUT2D eigenvalue weighted by molar-refractivity contribution is -0.136. The molecule has 0 radical (unpaired) electrons. The molecule has 0 N–H and O–H groups in total. The Morgan fingerprint density at radius 2 is 2.07 bits per heavy atom. The number of ether oxygens (including phenoxy) is 2. The third kappa shape index (κ3) is 3.97. The SMILES string of the molecule is COCC(=O)N1C[C@H]2CN(Cc3ncccc3OC)C[C@H]2[C@@H]1c1cccc(F)c1. The van der Waals surface area contributed by atoms with Crippen LogP contribution in [0, 0.1) is 17.7 Å². The molecule has 2 aliphatic heterocycles. The van der Waals surface area contributed by atoms with Crippen molar-refractivity contribution in [2.45, 2.75) is 12.6 Å². The number of halogens is 1. The van der Waals surface area contributed by atoms with Crippen LogP contribution in [0.2, 0.25) is 0 Å². The van der Waals surface area contributed by atoms with Gasteiger partial charge >= 0.3 is 0 Å². The Balaban J connectivity index is 1.56. The fourth-order valence-corrected chi connectivity index (χ4v) is 4.79. The summed E-state index contributed by atoms with van der Waals surface area (Å²) >= 11 is 0. The van der Waals surface area contributed by atoms with Crippen LogP contribution in [-0.4, -0.2) is 61.2 Å². The van der Waals surface area contributed by atoms with Gasteiger partial charge in [0.15, 0.2) is 0 Å². The largest absolute Gasteiger partial charge is 0.495 e. The van der Waals surface area contributed by atoms with E-state index in [-0.39, 0.29) is 30.3 Å². The third-order valence-corrected chi connectivity index (χ3v) is 5.96. The van der Waals surface area contributed by atoms with E-state index in [2.05, 4.69) is 9.88 Å². The number of hydrogen-bond donors (Lipinski definition) is 0. The monoisotopic (exact) mass is 399 g/mol. The van der Waals surface area contributed by atoms with Gasteiger partial charge < -0.3 is 14.4 Å². The molecule has 0 spiro atoms. The molecule has 154 valence electrons. The van der Waals surface area contributed by atoms with Gasteiger partial charge in [0.05, 0.1) is 18.8 Å². The number of carbonyl (C=O) groups excluding carboxylic acids is 1. The molecular weight excluding hydrogens is 373 g/mol. The third-order valence-electron chi connectivity index (χ3n) is 5.96. The molecule has 2 saturated heterocycles. The predicted octanol–water partition coefficient (Wildman–Crippen LogP) is 2.51. The van der Waals surface area contributed by atoms with Crippen LogP contribution in [0.3, 0.4) is 0 Å². The smallest absolute Gasteiger partial charge is 0.249 e. The summed E-state index contributed by atoms with van der Waals surface area (Å²) in [4.78, 5) is 21.4. The maximum absolute atomic E-state index is 13.9. The lowest BCUT2D eigenvalue weighted by Crippen LogP contribution is -2.37. The zero-order valence-electron chi connectivity index (χ0n) is 16.8. The molecule has 1 aromatic heterocycles. The van der Waals surface area contributed by atoms with Gasteiger partial charge in [-0.1, -0.05) is 12.1 Å². The van der Waals surface area contributed by atoms with Gasteiger partial charge in [0.25, 0.3) is 0 Å². The average molecular weight is 399 g/mol. The van der Waals surface area contributed by atoms with Gasteiger partial charge in [0.2, 0.25) is 5.91 Å². The van der Waals surface area contributed by atoms with E-state index in [1.54, 1.807) is 25.4 Å². The number of pyridine rings is 1. The van der Waals surface area contributed by atoms with Crippen LogP contribution in [0.1, 0.15) is 17.3 Å². The van der Waals surface area contributed by atoms with Gasteiger partial charge in [-0.25, -0.2) is 4.39 Å². The van der Waals surface area contributed by atoms with Crippen LogP contribution >= 0.6 is 0 Å². The zero-order chi connectivity index (χ0) is 20.4. The van der Waals surface area contributed by atoms with Crippen molar-refractivity contribution in [1.29, 1.82) is 0 Å². The second kappa shape index (κ2) is 8.47. The first kappa shape index (κ1) is 19.8. The fourth-order valence-electron chi connectivity index (χ4n) is 4.79. The van der Waals surface area contributed by atoms with Crippen molar-refractivity contribution in [3.8, 4) is 5.75 Å². The number of rotatable bonds is 6. The molecule has 7 heteroatoms. The normalized spacial score (nSPS) is 24.0. The summed E-state index contributed by atoms with van der Waals surface area (Å²) in [5.41, 5.74) is 1.75. The minimum absolute atomic E-state index is 0.0418. The minimum atomic E-state index is -0.279. The molecule has 0 saturated carbocycles. The first-order chi connectivity index (χ1) is 14.1. The summed E-state index contributed by atoms with van der Waals surface area (Å²) in [6, 6.07) is 10.2. The number of hydrogen-bond acceptors (Lipinski definition) is 5. The number of fused-ring (bicyclic) bond motifs is 1.